The van der Waals surface area contributed by atoms with E-state index in [0.717, 1.165) is 17.0 Å². The number of imide groups is 1. The number of anilines is 1. The quantitative estimate of drug-likeness (QED) is 0.684. The highest BCUT2D eigenvalue weighted by molar-refractivity contribution is 6.16. The number of hydrogen-bond acceptors (Lipinski definition) is 3. The Hall–Kier alpha value is -2.50. The number of rotatable bonds is 3. The van der Waals surface area contributed by atoms with Crippen LogP contribution in [-0.4, -0.2) is 22.9 Å². The second kappa shape index (κ2) is 5.87. The van der Waals surface area contributed by atoms with Gasteiger partial charge in [-0.3, -0.25) is 9.59 Å². The number of carboxylic acid groups (broad SMARTS) is 1. The van der Waals surface area contributed by atoms with Gasteiger partial charge in [-0.25, -0.2) is 14.1 Å². The number of halogens is 1. The summed E-state index contributed by atoms with van der Waals surface area (Å²) in [4.78, 5) is 35.1. The van der Waals surface area contributed by atoms with Crippen LogP contribution in [0.25, 0.3) is 6.08 Å². The average molecular weight is 291 g/mol. The fourth-order valence-electron chi connectivity index (χ4n) is 2.23. The molecule has 1 aromatic rings. The van der Waals surface area contributed by atoms with E-state index in [1.807, 2.05) is 0 Å². The molecule has 0 spiro atoms. The summed E-state index contributed by atoms with van der Waals surface area (Å²) >= 11 is 0. The van der Waals surface area contributed by atoms with Crippen molar-refractivity contribution in [2.75, 3.05) is 4.90 Å². The highest BCUT2D eigenvalue weighted by atomic mass is 19.1. The van der Waals surface area contributed by atoms with Crippen molar-refractivity contribution >= 4 is 29.5 Å². The first-order chi connectivity index (χ1) is 9.88. The van der Waals surface area contributed by atoms with E-state index in [4.69, 9.17) is 5.11 Å². The standard InChI is InChI=1S/C15H14FNO4/c1-9-6-13(18)17(14(19)7-9)12-4-2-10(8-11(12)16)3-5-15(20)21/h2-5,8-9H,6-7H2,1H3,(H,20,21). The van der Waals surface area contributed by atoms with E-state index in [0.29, 0.717) is 5.56 Å². The van der Waals surface area contributed by atoms with Gasteiger partial charge in [-0.05, 0) is 29.7 Å². The van der Waals surface area contributed by atoms with E-state index in [1.54, 1.807) is 6.92 Å². The number of aliphatic carboxylic acids is 1. The smallest absolute Gasteiger partial charge is 0.328 e. The molecule has 1 heterocycles. The van der Waals surface area contributed by atoms with Gasteiger partial charge < -0.3 is 5.11 Å². The summed E-state index contributed by atoms with van der Waals surface area (Å²) in [7, 11) is 0. The maximum Gasteiger partial charge on any atom is 0.328 e. The Morgan fingerprint density at radius 3 is 2.48 bits per heavy atom. The maximum absolute atomic E-state index is 14.1. The zero-order chi connectivity index (χ0) is 15.6. The summed E-state index contributed by atoms with van der Waals surface area (Å²) in [6.45, 7) is 1.79. The molecule has 1 saturated heterocycles. The third-order valence-corrected chi connectivity index (χ3v) is 3.18. The van der Waals surface area contributed by atoms with Gasteiger partial charge in [-0.2, -0.15) is 0 Å². The lowest BCUT2D eigenvalue weighted by Crippen LogP contribution is -2.43. The molecule has 21 heavy (non-hydrogen) atoms. The first-order valence-electron chi connectivity index (χ1n) is 6.45. The molecule has 1 fully saturated rings. The molecule has 2 rings (SSSR count). The van der Waals surface area contributed by atoms with Crippen LogP contribution >= 0.6 is 0 Å². The van der Waals surface area contributed by atoms with Crippen molar-refractivity contribution in [3.8, 4) is 0 Å². The van der Waals surface area contributed by atoms with Crippen LogP contribution in [0.5, 0.6) is 0 Å². The molecule has 1 aliphatic rings. The van der Waals surface area contributed by atoms with Gasteiger partial charge in [0.05, 0.1) is 5.69 Å². The highest BCUT2D eigenvalue weighted by Crippen LogP contribution is 2.28. The predicted molar refractivity (Wildman–Crippen MR) is 74.0 cm³/mol. The van der Waals surface area contributed by atoms with Gasteiger partial charge in [-0.15, -0.1) is 0 Å². The van der Waals surface area contributed by atoms with Crippen LogP contribution in [0, 0.1) is 11.7 Å². The lowest BCUT2D eigenvalue weighted by atomic mass is 9.97. The molecule has 0 aromatic heterocycles. The first kappa shape index (κ1) is 14.9. The SMILES string of the molecule is CC1CC(=O)N(c2ccc(C=CC(=O)O)cc2F)C(=O)C1. The van der Waals surface area contributed by atoms with E-state index < -0.39 is 23.6 Å². The molecule has 1 aliphatic heterocycles. The number of hydrogen-bond donors (Lipinski definition) is 1. The molecule has 0 saturated carbocycles. The Morgan fingerprint density at radius 1 is 1.33 bits per heavy atom. The zero-order valence-electron chi connectivity index (χ0n) is 11.4. The Kier molecular flexibility index (Phi) is 4.16. The summed E-state index contributed by atoms with van der Waals surface area (Å²) in [5.41, 5.74) is 0.244. The summed E-state index contributed by atoms with van der Waals surface area (Å²) in [5, 5.41) is 8.52. The van der Waals surface area contributed by atoms with E-state index in [1.165, 1.54) is 18.2 Å². The fourth-order valence-corrected chi connectivity index (χ4v) is 2.23. The number of carbonyl (C=O) groups is 3. The first-order valence-corrected chi connectivity index (χ1v) is 6.45. The van der Waals surface area contributed by atoms with Crippen LogP contribution in [0.4, 0.5) is 10.1 Å². The fraction of sp³-hybridized carbons (Fsp3) is 0.267. The molecule has 0 radical (unpaired) electrons. The molecule has 5 nitrogen and oxygen atoms in total. The number of carbonyl (C=O) groups excluding carboxylic acids is 2. The van der Waals surface area contributed by atoms with Crippen molar-refractivity contribution in [2.45, 2.75) is 19.8 Å². The Bertz CT molecular complexity index is 621. The second-order valence-corrected chi connectivity index (χ2v) is 5.02. The predicted octanol–water partition coefficient (Wildman–Crippen LogP) is 2.21. The molecule has 0 atom stereocenters. The molecule has 6 heteroatoms. The molecule has 0 bridgehead atoms. The third kappa shape index (κ3) is 3.34. The number of benzene rings is 1. The van der Waals surface area contributed by atoms with Crippen LogP contribution in [-0.2, 0) is 14.4 Å². The number of carboxylic acids is 1. The van der Waals surface area contributed by atoms with E-state index >= 15 is 0 Å². The van der Waals surface area contributed by atoms with Crippen LogP contribution < -0.4 is 4.90 Å². The molecule has 1 aromatic carbocycles. The molecular formula is C15H14FNO4. The molecule has 0 unspecified atom stereocenters. The van der Waals surface area contributed by atoms with Gasteiger partial charge in [0.25, 0.3) is 0 Å². The Morgan fingerprint density at radius 2 is 1.95 bits per heavy atom. The number of nitrogens with zero attached hydrogens (tertiary/aromatic N) is 1. The minimum Gasteiger partial charge on any atom is -0.478 e. The summed E-state index contributed by atoms with van der Waals surface area (Å²) in [5.74, 6) is -2.77. The Labute approximate surface area is 120 Å². The summed E-state index contributed by atoms with van der Waals surface area (Å²) in [6, 6.07) is 3.85. The monoisotopic (exact) mass is 291 g/mol. The summed E-state index contributed by atoms with van der Waals surface area (Å²) in [6.07, 6.45) is 2.52. The second-order valence-electron chi connectivity index (χ2n) is 5.02. The lowest BCUT2D eigenvalue weighted by molar-refractivity contribution is -0.132. The molecule has 110 valence electrons. The van der Waals surface area contributed by atoms with E-state index in [9.17, 15) is 18.8 Å². The molecule has 2 amide bonds. The van der Waals surface area contributed by atoms with Gasteiger partial charge in [0.1, 0.15) is 5.82 Å². The van der Waals surface area contributed by atoms with Gasteiger partial charge in [0.15, 0.2) is 0 Å². The van der Waals surface area contributed by atoms with Crippen molar-refractivity contribution in [1.82, 2.24) is 0 Å². The topological polar surface area (TPSA) is 74.7 Å². The molecular weight excluding hydrogens is 277 g/mol. The van der Waals surface area contributed by atoms with Crippen LogP contribution in [0.2, 0.25) is 0 Å². The van der Waals surface area contributed by atoms with Crippen molar-refractivity contribution in [2.24, 2.45) is 5.92 Å². The van der Waals surface area contributed by atoms with Crippen molar-refractivity contribution in [3.63, 3.8) is 0 Å². The van der Waals surface area contributed by atoms with Gasteiger partial charge in [-0.1, -0.05) is 13.0 Å². The maximum atomic E-state index is 14.1. The highest BCUT2D eigenvalue weighted by Gasteiger charge is 2.32. The molecule has 1 N–H and O–H groups in total. The van der Waals surface area contributed by atoms with E-state index in [-0.39, 0.29) is 24.4 Å². The van der Waals surface area contributed by atoms with Crippen molar-refractivity contribution in [1.29, 1.82) is 0 Å². The normalized spacial score (nSPS) is 16.8. The third-order valence-electron chi connectivity index (χ3n) is 3.18. The number of piperidine rings is 1. The minimum absolute atomic E-state index is 0.0397. The van der Waals surface area contributed by atoms with Gasteiger partial charge in [0, 0.05) is 18.9 Å². The largest absolute Gasteiger partial charge is 0.478 e. The van der Waals surface area contributed by atoms with Crippen LogP contribution in [0.15, 0.2) is 24.3 Å². The molecule has 0 aliphatic carbocycles. The van der Waals surface area contributed by atoms with Crippen molar-refractivity contribution < 1.29 is 23.9 Å². The van der Waals surface area contributed by atoms with Crippen LogP contribution in [0.3, 0.4) is 0 Å². The minimum atomic E-state index is -1.14. The lowest BCUT2D eigenvalue weighted by Gasteiger charge is -2.28. The van der Waals surface area contributed by atoms with Crippen LogP contribution in [0.1, 0.15) is 25.3 Å². The number of amides is 2. The van der Waals surface area contributed by atoms with Crippen molar-refractivity contribution in [3.05, 3.63) is 35.7 Å². The Balaban J connectivity index is 2.30. The van der Waals surface area contributed by atoms with E-state index in [2.05, 4.69) is 0 Å². The van der Waals surface area contributed by atoms with Gasteiger partial charge >= 0.3 is 5.97 Å². The average Bonchev–Trinajstić information content (AvgIpc) is 2.37. The summed E-state index contributed by atoms with van der Waals surface area (Å²) < 4.78 is 14.1. The zero-order valence-corrected chi connectivity index (χ0v) is 11.4. The van der Waals surface area contributed by atoms with Gasteiger partial charge in [0.2, 0.25) is 11.8 Å².